The normalized spacial score (nSPS) is 28.8. The molecule has 2 fully saturated rings. The van der Waals surface area contributed by atoms with Crippen molar-refractivity contribution in [1.82, 2.24) is 4.90 Å². The highest BCUT2D eigenvalue weighted by molar-refractivity contribution is 5.84. The van der Waals surface area contributed by atoms with Crippen LogP contribution in [0.15, 0.2) is 0 Å². The summed E-state index contributed by atoms with van der Waals surface area (Å²) in [6.45, 7) is 0.807. The molecule has 0 aromatic carbocycles. The molecule has 4 heteroatoms. The molecular formula is C13H21NO3. The SMILES string of the molecule is CN(CC1CC1)C(=O)[C@@H]1CCCC[C@@H]1C(=O)O. The van der Waals surface area contributed by atoms with Gasteiger partial charge >= 0.3 is 5.97 Å². The van der Waals surface area contributed by atoms with Crippen LogP contribution in [-0.2, 0) is 9.59 Å². The van der Waals surface area contributed by atoms with Gasteiger partial charge in [-0.1, -0.05) is 12.8 Å². The molecule has 1 amide bonds. The maximum absolute atomic E-state index is 12.2. The standard InChI is InChI=1S/C13H21NO3/c1-14(8-9-6-7-9)12(15)10-4-2-3-5-11(10)13(16)17/h9-11H,2-8H2,1H3,(H,16,17)/t10-,11+/m1/s1. The minimum atomic E-state index is -0.803. The highest BCUT2D eigenvalue weighted by Crippen LogP contribution is 2.33. The lowest BCUT2D eigenvalue weighted by Crippen LogP contribution is -2.41. The summed E-state index contributed by atoms with van der Waals surface area (Å²) in [5, 5.41) is 9.16. The summed E-state index contributed by atoms with van der Waals surface area (Å²) < 4.78 is 0. The molecule has 0 aromatic heterocycles. The van der Waals surface area contributed by atoms with Gasteiger partial charge in [0.05, 0.1) is 11.8 Å². The number of nitrogens with zero attached hydrogens (tertiary/aromatic N) is 1. The first-order chi connectivity index (χ1) is 8.09. The summed E-state index contributed by atoms with van der Waals surface area (Å²) in [5.74, 6) is -0.842. The van der Waals surface area contributed by atoms with Gasteiger partial charge in [0.15, 0.2) is 0 Å². The molecule has 4 nitrogen and oxygen atoms in total. The zero-order valence-corrected chi connectivity index (χ0v) is 10.4. The van der Waals surface area contributed by atoms with E-state index >= 15 is 0 Å². The Morgan fingerprint density at radius 3 is 2.24 bits per heavy atom. The number of carbonyl (C=O) groups excluding carboxylic acids is 1. The minimum Gasteiger partial charge on any atom is -0.481 e. The summed E-state index contributed by atoms with van der Waals surface area (Å²) in [4.78, 5) is 25.1. The van der Waals surface area contributed by atoms with Crippen molar-refractivity contribution in [2.75, 3.05) is 13.6 Å². The zero-order chi connectivity index (χ0) is 12.4. The Bertz CT molecular complexity index is 312. The number of carboxylic acid groups (broad SMARTS) is 1. The van der Waals surface area contributed by atoms with Crippen molar-refractivity contribution in [2.24, 2.45) is 17.8 Å². The van der Waals surface area contributed by atoms with E-state index in [1.165, 1.54) is 12.8 Å². The minimum absolute atomic E-state index is 0.0454. The van der Waals surface area contributed by atoms with Gasteiger partial charge in [-0.25, -0.2) is 0 Å². The van der Waals surface area contributed by atoms with E-state index in [1.807, 2.05) is 7.05 Å². The first kappa shape index (κ1) is 12.4. The molecule has 2 rings (SSSR count). The van der Waals surface area contributed by atoms with Crippen LogP contribution in [0, 0.1) is 17.8 Å². The molecular weight excluding hydrogens is 218 g/mol. The molecule has 2 atom stereocenters. The summed E-state index contributed by atoms with van der Waals surface area (Å²) in [5.41, 5.74) is 0. The van der Waals surface area contributed by atoms with Crippen molar-refractivity contribution in [1.29, 1.82) is 0 Å². The molecule has 0 radical (unpaired) electrons. The number of carbonyl (C=O) groups is 2. The lowest BCUT2D eigenvalue weighted by atomic mass is 9.78. The van der Waals surface area contributed by atoms with E-state index in [0.717, 1.165) is 25.8 Å². The predicted octanol–water partition coefficient (Wildman–Crippen LogP) is 1.75. The van der Waals surface area contributed by atoms with Gasteiger partial charge in [0.1, 0.15) is 0 Å². The number of carboxylic acids is 1. The van der Waals surface area contributed by atoms with Gasteiger partial charge in [-0.2, -0.15) is 0 Å². The Morgan fingerprint density at radius 2 is 1.71 bits per heavy atom. The van der Waals surface area contributed by atoms with Crippen molar-refractivity contribution in [3.05, 3.63) is 0 Å². The van der Waals surface area contributed by atoms with Crippen molar-refractivity contribution in [3.63, 3.8) is 0 Å². The van der Waals surface area contributed by atoms with Crippen molar-refractivity contribution >= 4 is 11.9 Å². The highest BCUT2D eigenvalue weighted by atomic mass is 16.4. The smallest absolute Gasteiger partial charge is 0.307 e. The summed E-state index contributed by atoms with van der Waals surface area (Å²) >= 11 is 0. The van der Waals surface area contributed by atoms with Gasteiger partial charge in [-0.15, -0.1) is 0 Å². The molecule has 17 heavy (non-hydrogen) atoms. The molecule has 2 aliphatic carbocycles. The van der Waals surface area contributed by atoms with Crippen LogP contribution >= 0.6 is 0 Å². The Labute approximate surface area is 102 Å². The second kappa shape index (κ2) is 5.07. The number of hydrogen-bond donors (Lipinski definition) is 1. The second-order valence-corrected chi connectivity index (χ2v) is 5.50. The molecule has 2 aliphatic rings. The fraction of sp³-hybridized carbons (Fsp3) is 0.846. The van der Waals surface area contributed by atoms with Crippen LogP contribution in [-0.4, -0.2) is 35.5 Å². The highest BCUT2D eigenvalue weighted by Gasteiger charge is 2.38. The van der Waals surface area contributed by atoms with Crippen molar-refractivity contribution < 1.29 is 14.7 Å². The average Bonchev–Trinajstić information content (AvgIpc) is 3.11. The molecule has 0 saturated heterocycles. The Balaban J connectivity index is 1.96. The number of amides is 1. The van der Waals surface area contributed by atoms with E-state index in [2.05, 4.69) is 0 Å². The fourth-order valence-corrected chi connectivity index (χ4v) is 2.78. The maximum Gasteiger partial charge on any atom is 0.307 e. The predicted molar refractivity (Wildman–Crippen MR) is 63.4 cm³/mol. The monoisotopic (exact) mass is 239 g/mol. The third-order valence-electron chi connectivity index (χ3n) is 4.01. The largest absolute Gasteiger partial charge is 0.481 e. The van der Waals surface area contributed by atoms with E-state index in [0.29, 0.717) is 12.3 Å². The number of rotatable bonds is 4. The van der Waals surface area contributed by atoms with Crippen LogP contribution in [0.4, 0.5) is 0 Å². The first-order valence-electron chi connectivity index (χ1n) is 6.57. The molecule has 0 aromatic rings. The van der Waals surface area contributed by atoms with E-state index in [4.69, 9.17) is 5.11 Å². The van der Waals surface area contributed by atoms with Crippen LogP contribution in [0.25, 0.3) is 0 Å². The number of hydrogen-bond acceptors (Lipinski definition) is 2. The van der Waals surface area contributed by atoms with Crippen LogP contribution in [0.5, 0.6) is 0 Å². The van der Waals surface area contributed by atoms with Crippen LogP contribution < -0.4 is 0 Å². The Kier molecular flexibility index (Phi) is 3.69. The fourth-order valence-electron chi connectivity index (χ4n) is 2.78. The first-order valence-corrected chi connectivity index (χ1v) is 6.57. The molecule has 0 unspecified atom stereocenters. The third kappa shape index (κ3) is 2.99. The van der Waals surface area contributed by atoms with Gasteiger partial charge in [0, 0.05) is 13.6 Å². The molecule has 1 N–H and O–H groups in total. The second-order valence-electron chi connectivity index (χ2n) is 5.50. The summed E-state index contributed by atoms with van der Waals surface area (Å²) in [6.07, 6.45) is 5.74. The zero-order valence-electron chi connectivity index (χ0n) is 10.4. The number of aliphatic carboxylic acids is 1. The van der Waals surface area contributed by atoms with Crippen LogP contribution in [0.3, 0.4) is 0 Å². The van der Waals surface area contributed by atoms with Gasteiger partial charge < -0.3 is 10.0 Å². The molecule has 0 spiro atoms. The molecule has 0 heterocycles. The molecule has 0 bridgehead atoms. The van der Waals surface area contributed by atoms with Gasteiger partial charge in [0.2, 0.25) is 5.91 Å². The topological polar surface area (TPSA) is 57.6 Å². The average molecular weight is 239 g/mol. The molecule has 0 aliphatic heterocycles. The quantitative estimate of drug-likeness (QED) is 0.813. The van der Waals surface area contributed by atoms with Gasteiger partial charge in [0.25, 0.3) is 0 Å². The van der Waals surface area contributed by atoms with E-state index in [-0.39, 0.29) is 11.8 Å². The molecule has 96 valence electrons. The van der Waals surface area contributed by atoms with E-state index < -0.39 is 11.9 Å². The van der Waals surface area contributed by atoms with Crippen molar-refractivity contribution in [2.45, 2.75) is 38.5 Å². The van der Waals surface area contributed by atoms with Crippen LogP contribution in [0.1, 0.15) is 38.5 Å². The summed E-state index contributed by atoms with van der Waals surface area (Å²) in [7, 11) is 1.81. The Hall–Kier alpha value is -1.06. The van der Waals surface area contributed by atoms with E-state index in [9.17, 15) is 9.59 Å². The summed E-state index contributed by atoms with van der Waals surface area (Å²) in [6, 6.07) is 0. The third-order valence-corrected chi connectivity index (χ3v) is 4.01. The Morgan fingerprint density at radius 1 is 1.12 bits per heavy atom. The molecule has 2 saturated carbocycles. The lowest BCUT2D eigenvalue weighted by molar-refractivity contribution is -0.151. The van der Waals surface area contributed by atoms with E-state index in [1.54, 1.807) is 4.90 Å². The van der Waals surface area contributed by atoms with Crippen LogP contribution in [0.2, 0.25) is 0 Å². The maximum atomic E-state index is 12.2. The van der Waals surface area contributed by atoms with Gasteiger partial charge in [-0.3, -0.25) is 9.59 Å². The lowest BCUT2D eigenvalue weighted by Gasteiger charge is -2.31. The van der Waals surface area contributed by atoms with Crippen molar-refractivity contribution in [3.8, 4) is 0 Å². The van der Waals surface area contributed by atoms with Gasteiger partial charge in [-0.05, 0) is 31.6 Å².